The van der Waals surface area contributed by atoms with Gasteiger partial charge < -0.3 is 25.3 Å². The molecule has 2 aliphatic heterocycles. The van der Waals surface area contributed by atoms with Crippen LogP contribution in [-0.2, 0) is 13.6 Å². The molecule has 3 N–H and O–H groups in total. The molecule has 0 spiro atoms. The maximum absolute atomic E-state index is 13.8. The van der Waals surface area contributed by atoms with E-state index in [-0.39, 0.29) is 41.7 Å². The summed E-state index contributed by atoms with van der Waals surface area (Å²) >= 11 is 0. The van der Waals surface area contributed by atoms with Crippen LogP contribution in [0.15, 0.2) is 36.5 Å². The van der Waals surface area contributed by atoms with E-state index in [1.807, 2.05) is 47.4 Å². The SMILES string of the molecule is COc1cc(C(=O)N2[C@H]3CC[C@@H]2[C@H](N)C3)cc2nc(-c3cc4ccc([C@@H](C)NC(=O)c5cn(C)nn5)nc4n3CC3CC3)c(C)n12. The minimum Gasteiger partial charge on any atom is -0.482 e. The number of methoxy groups -OCH3 is 1. The largest absolute Gasteiger partial charge is 0.482 e. The van der Waals surface area contributed by atoms with Gasteiger partial charge in [-0.3, -0.25) is 18.7 Å². The van der Waals surface area contributed by atoms with Crippen LogP contribution in [0.4, 0.5) is 0 Å². The van der Waals surface area contributed by atoms with Crippen LogP contribution in [0.1, 0.15) is 77.3 Å². The number of nitrogens with zero attached hydrogens (tertiary/aromatic N) is 8. The monoisotopic (exact) mass is 622 g/mol. The highest BCUT2D eigenvalue weighted by Crippen LogP contribution is 2.40. The summed E-state index contributed by atoms with van der Waals surface area (Å²) in [6, 6.07) is 9.81. The Morgan fingerprint density at radius 1 is 1.13 bits per heavy atom. The smallest absolute Gasteiger partial charge is 0.273 e. The minimum absolute atomic E-state index is 0.0106. The fourth-order valence-electron chi connectivity index (χ4n) is 7.41. The number of nitrogens with one attached hydrogen (secondary N) is 1. The number of ether oxygens (including phenoxy) is 1. The van der Waals surface area contributed by atoms with Gasteiger partial charge in [-0.25, -0.2) is 9.97 Å². The molecule has 2 saturated heterocycles. The first-order chi connectivity index (χ1) is 22.2. The molecule has 7 heterocycles. The summed E-state index contributed by atoms with van der Waals surface area (Å²) in [5.41, 5.74) is 12.1. The van der Waals surface area contributed by atoms with Gasteiger partial charge in [-0.1, -0.05) is 5.21 Å². The van der Waals surface area contributed by atoms with Crippen LogP contribution in [0.3, 0.4) is 0 Å². The summed E-state index contributed by atoms with van der Waals surface area (Å²) in [6.07, 6.45) is 6.75. The Morgan fingerprint density at radius 3 is 2.63 bits per heavy atom. The van der Waals surface area contributed by atoms with Gasteiger partial charge in [-0.2, -0.15) is 0 Å². The molecule has 0 aromatic carbocycles. The first-order valence-corrected chi connectivity index (χ1v) is 16.0. The van der Waals surface area contributed by atoms with Crippen molar-refractivity contribution in [2.75, 3.05) is 7.11 Å². The van der Waals surface area contributed by atoms with Gasteiger partial charge in [-0.05, 0) is 76.1 Å². The summed E-state index contributed by atoms with van der Waals surface area (Å²) in [7, 11) is 3.35. The van der Waals surface area contributed by atoms with Crippen molar-refractivity contribution in [3.05, 3.63) is 59.2 Å². The third kappa shape index (κ3) is 4.63. The lowest BCUT2D eigenvalue weighted by Gasteiger charge is -2.23. The number of carbonyl (C=O) groups excluding carboxylic acids is 2. The molecule has 0 unspecified atom stereocenters. The fraction of sp³-hybridized carbons (Fsp3) is 0.455. The summed E-state index contributed by atoms with van der Waals surface area (Å²) in [5, 5.41) is 11.8. The molecule has 1 saturated carbocycles. The number of hydrogen-bond acceptors (Lipinski definition) is 8. The molecular weight excluding hydrogens is 584 g/mol. The van der Waals surface area contributed by atoms with Crippen LogP contribution in [-0.4, -0.2) is 75.9 Å². The molecule has 2 amide bonds. The molecule has 5 aromatic heterocycles. The van der Waals surface area contributed by atoms with Gasteiger partial charge in [0.1, 0.15) is 17.0 Å². The number of fused-ring (bicyclic) bond motifs is 4. The topological polar surface area (TPSA) is 150 Å². The Hall–Kier alpha value is -4.78. The van der Waals surface area contributed by atoms with E-state index < -0.39 is 0 Å². The van der Waals surface area contributed by atoms with Gasteiger partial charge in [0.05, 0.1) is 36.4 Å². The zero-order valence-corrected chi connectivity index (χ0v) is 26.5. The van der Waals surface area contributed by atoms with Gasteiger partial charge in [0.15, 0.2) is 11.6 Å². The molecule has 13 nitrogen and oxygen atoms in total. The zero-order chi connectivity index (χ0) is 31.9. The Kier molecular flexibility index (Phi) is 6.64. The van der Waals surface area contributed by atoms with Crippen molar-refractivity contribution < 1.29 is 14.3 Å². The third-order valence-electron chi connectivity index (χ3n) is 9.97. The number of imidazole rings is 1. The first-order valence-electron chi connectivity index (χ1n) is 16.0. The minimum atomic E-state index is -0.343. The molecule has 238 valence electrons. The highest BCUT2D eigenvalue weighted by Gasteiger charge is 2.47. The van der Waals surface area contributed by atoms with E-state index in [0.29, 0.717) is 23.0 Å². The first kappa shape index (κ1) is 28.7. The van der Waals surface area contributed by atoms with Crippen molar-refractivity contribution in [3.8, 4) is 17.3 Å². The quantitative estimate of drug-likeness (QED) is 0.267. The van der Waals surface area contributed by atoms with Gasteiger partial charge in [-0.15, -0.1) is 5.10 Å². The second-order valence-corrected chi connectivity index (χ2v) is 13.1. The van der Waals surface area contributed by atoms with Crippen LogP contribution >= 0.6 is 0 Å². The number of aryl methyl sites for hydroxylation is 2. The molecule has 5 aromatic rings. The molecule has 2 bridgehead atoms. The average Bonchev–Trinajstić information content (AvgIpc) is 3.36. The maximum Gasteiger partial charge on any atom is 0.273 e. The predicted octanol–water partition coefficient (Wildman–Crippen LogP) is 3.40. The van der Waals surface area contributed by atoms with Crippen LogP contribution < -0.4 is 15.8 Å². The van der Waals surface area contributed by atoms with E-state index in [2.05, 4.69) is 26.3 Å². The summed E-state index contributed by atoms with van der Waals surface area (Å²) < 4.78 is 11.6. The second kappa shape index (κ2) is 10.6. The molecule has 46 heavy (non-hydrogen) atoms. The normalized spacial score (nSPS) is 21.4. The van der Waals surface area contributed by atoms with E-state index in [1.165, 1.54) is 17.5 Å². The van der Waals surface area contributed by atoms with Crippen LogP contribution in [0, 0.1) is 12.8 Å². The average molecular weight is 623 g/mol. The molecule has 13 heteroatoms. The summed E-state index contributed by atoms with van der Waals surface area (Å²) in [5.74, 6) is 0.824. The van der Waals surface area contributed by atoms with Crippen molar-refractivity contribution in [2.45, 2.75) is 76.7 Å². The third-order valence-corrected chi connectivity index (χ3v) is 9.97. The lowest BCUT2D eigenvalue weighted by molar-refractivity contribution is 0.0725. The van der Waals surface area contributed by atoms with Crippen LogP contribution in [0.5, 0.6) is 5.88 Å². The van der Waals surface area contributed by atoms with Crippen molar-refractivity contribution in [1.82, 2.24) is 44.1 Å². The number of hydrogen-bond donors (Lipinski definition) is 2. The number of rotatable bonds is 8. The number of pyridine rings is 2. The molecular formula is C33H38N10O3. The van der Waals surface area contributed by atoms with Crippen molar-refractivity contribution in [1.29, 1.82) is 0 Å². The maximum atomic E-state index is 13.8. The second-order valence-electron chi connectivity index (χ2n) is 13.1. The van der Waals surface area contributed by atoms with Gasteiger partial charge >= 0.3 is 0 Å². The van der Waals surface area contributed by atoms with E-state index >= 15 is 0 Å². The standard InChI is InChI=1S/C33H38N10O3/c1-17(35-32(44)25-16-40(3)39-38-25)24-9-7-20-11-27(41(31(20)36-24)15-19-5-6-19)30-18(2)42-28(37-30)12-21(13-29(42)46-4)33(45)43-22-8-10-26(43)23(34)14-22/h7,9,11-13,16-17,19,22-23,26H,5-6,8,10,14-15,34H2,1-4H3,(H,35,44)/t17-,22+,23-,26-/m1/s1. The van der Waals surface area contributed by atoms with Crippen LogP contribution in [0.25, 0.3) is 28.1 Å². The lowest BCUT2D eigenvalue weighted by atomic mass is 9.97. The molecule has 0 radical (unpaired) electrons. The van der Waals surface area contributed by atoms with Gasteiger partial charge in [0.25, 0.3) is 11.8 Å². The van der Waals surface area contributed by atoms with Crippen molar-refractivity contribution in [3.63, 3.8) is 0 Å². The summed E-state index contributed by atoms with van der Waals surface area (Å²) in [4.78, 5) is 38.7. The Bertz CT molecular complexity index is 2020. The Morgan fingerprint density at radius 2 is 1.96 bits per heavy atom. The molecule has 3 aliphatic rings. The summed E-state index contributed by atoms with van der Waals surface area (Å²) in [6.45, 7) is 4.76. The number of aromatic nitrogens is 7. The van der Waals surface area contributed by atoms with E-state index in [0.717, 1.165) is 59.6 Å². The number of amides is 2. The zero-order valence-electron chi connectivity index (χ0n) is 26.5. The number of carbonyl (C=O) groups is 2. The fourth-order valence-corrected chi connectivity index (χ4v) is 7.41. The lowest BCUT2D eigenvalue weighted by Crippen LogP contribution is -2.40. The van der Waals surface area contributed by atoms with E-state index in [1.54, 1.807) is 20.4 Å². The van der Waals surface area contributed by atoms with Crippen LogP contribution in [0.2, 0.25) is 0 Å². The Balaban J connectivity index is 1.17. The highest BCUT2D eigenvalue weighted by atomic mass is 16.5. The highest BCUT2D eigenvalue weighted by molar-refractivity contribution is 5.97. The predicted molar refractivity (Wildman–Crippen MR) is 170 cm³/mol. The molecule has 1 aliphatic carbocycles. The van der Waals surface area contributed by atoms with Crippen molar-refractivity contribution >= 4 is 28.5 Å². The van der Waals surface area contributed by atoms with Crippen molar-refractivity contribution in [2.24, 2.45) is 18.7 Å². The Labute approximate surface area is 265 Å². The molecule has 3 fully saturated rings. The van der Waals surface area contributed by atoms with Gasteiger partial charge in [0, 0.05) is 48.7 Å². The van der Waals surface area contributed by atoms with E-state index in [4.69, 9.17) is 20.4 Å². The molecule has 8 rings (SSSR count). The molecule has 4 atom stereocenters. The van der Waals surface area contributed by atoms with Gasteiger partial charge in [0.2, 0.25) is 0 Å². The van der Waals surface area contributed by atoms with E-state index in [9.17, 15) is 9.59 Å². The number of nitrogens with two attached hydrogens (primary N) is 1.